The Morgan fingerprint density at radius 1 is 0.577 bits per heavy atom. The summed E-state index contributed by atoms with van der Waals surface area (Å²) in [6, 6.07) is 0. The first-order valence-electron chi connectivity index (χ1n) is 11.0. The van der Waals surface area contributed by atoms with E-state index in [0.29, 0.717) is 5.91 Å². The van der Waals surface area contributed by atoms with Crippen molar-refractivity contribution in [3.05, 3.63) is 0 Å². The molecule has 0 aliphatic carbocycles. The molecule has 0 bridgehead atoms. The van der Waals surface area contributed by atoms with Crippen molar-refractivity contribution in [1.29, 1.82) is 0 Å². The molecule has 26 heavy (non-hydrogen) atoms. The molecule has 2 nitrogen and oxygen atoms in total. The van der Waals surface area contributed by atoms with E-state index < -0.39 is 0 Å². The van der Waals surface area contributed by atoms with E-state index in [1.165, 1.54) is 89.9 Å². The molecule has 0 rings (SSSR count). The molecule has 0 saturated heterocycles. The first-order valence-corrected chi connectivity index (χ1v) is 11.0. The quantitative estimate of drug-likeness (QED) is 0.221. The second kappa shape index (κ2) is 24.5. The van der Waals surface area contributed by atoms with Crippen LogP contribution in [0.15, 0.2) is 0 Å². The Morgan fingerprint density at radius 3 is 1.27 bits per heavy atom. The van der Waals surface area contributed by atoms with Crippen LogP contribution in [-0.2, 0) is 4.79 Å². The predicted molar refractivity (Wildman–Crippen MR) is 121 cm³/mol. The van der Waals surface area contributed by atoms with Gasteiger partial charge in [-0.1, -0.05) is 119 Å². The number of rotatable bonds is 18. The van der Waals surface area contributed by atoms with Gasteiger partial charge in [0.25, 0.3) is 0 Å². The maximum atomic E-state index is 11.8. The van der Waals surface area contributed by atoms with Gasteiger partial charge in [0.05, 0.1) is 0 Å². The van der Waals surface area contributed by atoms with Gasteiger partial charge in [0.15, 0.2) is 0 Å². The van der Waals surface area contributed by atoms with Gasteiger partial charge in [-0.15, -0.1) is 0 Å². The molecule has 0 aromatic carbocycles. The second-order valence-corrected chi connectivity index (χ2v) is 7.52. The second-order valence-electron chi connectivity index (χ2n) is 7.52. The molecule has 0 saturated carbocycles. The van der Waals surface area contributed by atoms with Gasteiger partial charge in [-0.25, -0.2) is 0 Å². The van der Waals surface area contributed by atoms with Crippen LogP contribution in [0.3, 0.4) is 0 Å². The number of carbonyl (C=O) groups is 1. The van der Waals surface area contributed by atoms with Crippen LogP contribution in [0.5, 0.6) is 0 Å². The first-order chi connectivity index (χ1) is 11.7. The fourth-order valence-corrected chi connectivity index (χ4v) is 3.30. The van der Waals surface area contributed by atoms with Gasteiger partial charge in [0.2, 0.25) is 5.91 Å². The van der Waals surface area contributed by atoms with E-state index >= 15 is 0 Å². The lowest BCUT2D eigenvalue weighted by Crippen LogP contribution is -2.26. The summed E-state index contributed by atoms with van der Waals surface area (Å²) >= 11 is 0. The van der Waals surface area contributed by atoms with E-state index in [-0.39, 0.29) is 14.9 Å². The van der Waals surface area contributed by atoms with Crippen LogP contribution in [0.1, 0.15) is 138 Å². The van der Waals surface area contributed by atoms with Crippen molar-refractivity contribution in [2.75, 3.05) is 13.6 Å². The average Bonchev–Trinajstić information content (AvgIpc) is 2.58. The summed E-state index contributed by atoms with van der Waals surface area (Å²) in [6.45, 7) is 5.31. The number of hydrogen-bond donors (Lipinski definition) is 0. The monoisotopic (exact) mass is 371 g/mol. The molecule has 0 radical (unpaired) electrons. The van der Waals surface area contributed by atoms with Crippen LogP contribution in [-0.4, -0.2) is 24.4 Å². The Bertz CT molecular complexity index is 265. The summed E-state index contributed by atoms with van der Waals surface area (Å²) in [5.74, 6) is 0.326. The maximum absolute atomic E-state index is 11.8. The molecule has 0 fully saturated rings. The summed E-state index contributed by atoms with van der Waals surface area (Å²) in [7, 11) is 1.93. The molecule has 0 N–H and O–H groups in total. The smallest absolute Gasteiger partial charge is 0.222 e. The third kappa shape index (κ3) is 21.5. The van der Waals surface area contributed by atoms with Crippen LogP contribution in [0.2, 0.25) is 0 Å². The zero-order valence-electron chi connectivity index (χ0n) is 17.1. The van der Waals surface area contributed by atoms with Crippen molar-refractivity contribution < 1.29 is 4.79 Å². The third-order valence-electron chi connectivity index (χ3n) is 4.98. The fourth-order valence-electron chi connectivity index (χ4n) is 3.30. The summed E-state index contributed by atoms with van der Waals surface area (Å²) in [4.78, 5) is 13.7. The van der Waals surface area contributed by atoms with E-state index in [9.17, 15) is 4.79 Å². The molecule has 0 unspecified atom stereocenters. The first kappa shape index (κ1) is 30.2. The van der Waals surface area contributed by atoms with Gasteiger partial charge in [0, 0.05) is 20.0 Å². The number of amides is 1. The van der Waals surface area contributed by atoms with E-state index in [0.717, 1.165) is 25.8 Å². The Balaban J connectivity index is -0.00000264. The van der Waals surface area contributed by atoms with Crippen molar-refractivity contribution in [3.63, 3.8) is 0 Å². The number of hydrogen-bond acceptors (Lipinski definition) is 1. The van der Waals surface area contributed by atoms with Gasteiger partial charge in [0.1, 0.15) is 0 Å². The van der Waals surface area contributed by atoms with Crippen LogP contribution in [0, 0.1) is 0 Å². The zero-order chi connectivity index (χ0) is 17.9. The highest BCUT2D eigenvalue weighted by Gasteiger charge is 2.06. The Kier molecular flexibility index (Phi) is 28.4. The molecule has 0 aliphatic heterocycles. The van der Waals surface area contributed by atoms with Crippen molar-refractivity contribution in [1.82, 2.24) is 4.90 Å². The van der Waals surface area contributed by atoms with Gasteiger partial charge in [-0.05, 0) is 12.8 Å². The molecule has 0 aromatic rings. The average molecular weight is 372 g/mol. The third-order valence-corrected chi connectivity index (χ3v) is 4.98. The van der Waals surface area contributed by atoms with Crippen LogP contribution >= 0.6 is 0 Å². The summed E-state index contributed by atoms with van der Waals surface area (Å²) in [5.41, 5.74) is 0. The van der Waals surface area contributed by atoms with Gasteiger partial charge >= 0.3 is 0 Å². The molecule has 1 amide bonds. The highest BCUT2D eigenvalue weighted by atomic mass is 16.2. The summed E-state index contributed by atoms with van der Waals surface area (Å²) in [6.07, 6.45) is 22.4. The van der Waals surface area contributed by atoms with E-state index in [2.05, 4.69) is 13.8 Å². The van der Waals surface area contributed by atoms with Crippen LogP contribution in [0.4, 0.5) is 0 Å². The maximum Gasteiger partial charge on any atom is 0.222 e. The molecule has 0 heterocycles. The Hall–Kier alpha value is -0.530. The Labute approximate surface area is 167 Å². The van der Waals surface area contributed by atoms with Crippen LogP contribution in [0.25, 0.3) is 0 Å². The molecule has 0 atom stereocenters. The molecular weight excluding hydrogens is 318 g/mol. The molecule has 160 valence electrons. The zero-order valence-corrected chi connectivity index (χ0v) is 17.1. The van der Waals surface area contributed by atoms with Gasteiger partial charge in [-0.3, -0.25) is 4.79 Å². The minimum absolute atomic E-state index is 0. The fraction of sp³-hybridized carbons (Fsp3) is 0.958. The van der Waals surface area contributed by atoms with Gasteiger partial charge < -0.3 is 4.90 Å². The normalized spacial score (nSPS) is 10.1. The van der Waals surface area contributed by atoms with Crippen molar-refractivity contribution in [3.8, 4) is 0 Å². The molecular formula is C24H53NO. The van der Waals surface area contributed by atoms with Crippen molar-refractivity contribution in [2.45, 2.75) is 138 Å². The van der Waals surface area contributed by atoms with Crippen molar-refractivity contribution >= 4 is 5.91 Å². The van der Waals surface area contributed by atoms with E-state index in [1.54, 1.807) is 0 Å². The minimum atomic E-state index is 0. The van der Waals surface area contributed by atoms with E-state index in [1.807, 2.05) is 11.9 Å². The van der Waals surface area contributed by atoms with Crippen LogP contribution < -0.4 is 0 Å². The lowest BCUT2D eigenvalue weighted by molar-refractivity contribution is -0.130. The summed E-state index contributed by atoms with van der Waals surface area (Å²) in [5, 5.41) is 0. The van der Waals surface area contributed by atoms with Crippen molar-refractivity contribution in [2.24, 2.45) is 0 Å². The number of carbonyl (C=O) groups excluding carboxylic acids is 1. The molecule has 0 aliphatic rings. The highest BCUT2D eigenvalue weighted by Crippen LogP contribution is 2.13. The molecule has 0 aromatic heterocycles. The molecule has 2 heteroatoms. The lowest BCUT2D eigenvalue weighted by atomic mass is 10.0. The SMILES string of the molecule is C.C.CCCCCCCCCCCCCCCCCC(=O)N(C)CCC. The number of nitrogens with zero attached hydrogens (tertiary/aromatic N) is 1. The Morgan fingerprint density at radius 2 is 0.923 bits per heavy atom. The topological polar surface area (TPSA) is 20.3 Å². The predicted octanol–water partition coefficient (Wildman–Crippen LogP) is 8.39. The highest BCUT2D eigenvalue weighted by molar-refractivity contribution is 5.75. The van der Waals surface area contributed by atoms with Gasteiger partial charge in [-0.2, -0.15) is 0 Å². The summed E-state index contributed by atoms with van der Waals surface area (Å²) < 4.78 is 0. The minimum Gasteiger partial charge on any atom is -0.346 e. The molecule has 0 spiro atoms. The lowest BCUT2D eigenvalue weighted by Gasteiger charge is -2.15. The largest absolute Gasteiger partial charge is 0.346 e. The standard InChI is InChI=1S/C22H45NO.2CH4/c1-4-6-7-8-9-10-11-12-13-14-15-16-17-18-19-20-22(24)23(3)21-5-2;;/h4-21H2,1-3H3;2*1H4. The van der Waals surface area contributed by atoms with E-state index in [4.69, 9.17) is 0 Å². The number of unbranched alkanes of at least 4 members (excludes halogenated alkanes) is 14.